The fraction of sp³-hybridized carbons (Fsp3) is 0.250. The molecule has 0 spiro atoms. The molecule has 0 aromatic heterocycles. The van der Waals surface area contributed by atoms with Crippen LogP contribution in [-0.2, 0) is 5.66 Å². The molecule has 0 radical (unpaired) electrons. The van der Waals surface area contributed by atoms with Crippen LogP contribution in [0.15, 0.2) is 60.7 Å². The van der Waals surface area contributed by atoms with Crippen molar-refractivity contribution >= 4 is 0 Å². The Morgan fingerprint density at radius 2 is 1.39 bits per heavy atom. The maximum Gasteiger partial charge on any atom is 0.0905 e. The number of hydrogen-bond acceptors (Lipinski definition) is 2. The lowest BCUT2D eigenvalue weighted by atomic mass is 9.87. The zero-order valence-corrected chi connectivity index (χ0v) is 10.7. The molecule has 2 aromatic carbocycles. The van der Waals surface area contributed by atoms with Crippen molar-refractivity contribution in [3.8, 4) is 0 Å². The molecule has 2 heteroatoms. The van der Waals surface area contributed by atoms with Gasteiger partial charge in [-0.3, -0.25) is 0 Å². The van der Waals surface area contributed by atoms with E-state index in [1.54, 1.807) is 0 Å². The summed E-state index contributed by atoms with van der Waals surface area (Å²) in [6.07, 6.45) is 0.723. The Morgan fingerprint density at radius 1 is 0.889 bits per heavy atom. The Labute approximate surface area is 109 Å². The summed E-state index contributed by atoms with van der Waals surface area (Å²) in [5.74, 6) is 0.335. The van der Waals surface area contributed by atoms with E-state index in [2.05, 4.69) is 19.1 Å². The molecule has 0 bridgehead atoms. The van der Waals surface area contributed by atoms with Gasteiger partial charge < -0.3 is 11.5 Å². The fourth-order valence-corrected chi connectivity index (χ4v) is 2.27. The van der Waals surface area contributed by atoms with Gasteiger partial charge in [0, 0.05) is 0 Å². The summed E-state index contributed by atoms with van der Waals surface area (Å²) < 4.78 is 0. The minimum Gasteiger partial charge on any atom is -0.310 e. The van der Waals surface area contributed by atoms with Gasteiger partial charge in [0.1, 0.15) is 0 Å². The molecule has 2 rings (SSSR count). The topological polar surface area (TPSA) is 52.0 Å². The maximum absolute atomic E-state index is 6.25. The van der Waals surface area contributed by atoms with Crippen molar-refractivity contribution in [2.24, 2.45) is 11.5 Å². The first-order valence-electron chi connectivity index (χ1n) is 6.28. The molecule has 1 atom stereocenters. The molecule has 0 aliphatic carbocycles. The van der Waals surface area contributed by atoms with Crippen molar-refractivity contribution in [3.63, 3.8) is 0 Å². The predicted molar refractivity (Wildman–Crippen MR) is 76.0 cm³/mol. The zero-order chi connectivity index (χ0) is 13.0. The van der Waals surface area contributed by atoms with Crippen LogP contribution in [0.1, 0.15) is 30.4 Å². The van der Waals surface area contributed by atoms with E-state index in [1.807, 2.05) is 48.5 Å². The second kappa shape index (κ2) is 5.34. The van der Waals surface area contributed by atoms with Crippen molar-refractivity contribution in [2.75, 3.05) is 0 Å². The number of rotatable bonds is 4. The average molecular weight is 240 g/mol. The van der Waals surface area contributed by atoms with E-state index in [1.165, 1.54) is 5.56 Å². The van der Waals surface area contributed by atoms with E-state index < -0.39 is 5.66 Å². The molecule has 4 N–H and O–H groups in total. The highest BCUT2D eigenvalue weighted by Crippen LogP contribution is 2.27. The number of nitrogens with two attached hydrogens (primary N) is 2. The minimum absolute atomic E-state index is 0.335. The van der Waals surface area contributed by atoms with Gasteiger partial charge in [-0.15, -0.1) is 0 Å². The normalized spacial score (nSPS) is 13.3. The molecular formula is C16H20N2. The smallest absolute Gasteiger partial charge is 0.0905 e. The molecule has 0 saturated heterocycles. The Morgan fingerprint density at radius 3 is 1.94 bits per heavy atom. The fourth-order valence-electron chi connectivity index (χ4n) is 2.27. The molecule has 0 aliphatic rings. The number of hydrogen-bond donors (Lipinski definition) is 2. The molecule has 2 nitrogen and oxygen atoms in total. The predicted octanol–water partition coefficient (Wildman–Crippen LogP) is 2.95. The van der Waals surface area contributed by atoms with E-state index in [4.69, 9.17) is 11.5 Å². The van der Waals surface area contributed by atoms with E-state index in [0.717, 1.165) is 12.0 Å². The van der Waals surface area contributed by atoms with Crippen LogP contribution in [0.25, 0.3) is 0 Å². The van der Waals surface area contributed by atoms with Gasteiger partial charge in [-0.05, 0) is 23.5 Å². The maximum atomic E-state index is 6.25. The van der Waals surface area contributed by atoms with Crippen LogP contribution in [0.3, 0.4) is 0 Å². The van der Waals surface area contributed by atoms with Crippen LogP contribution < -0.4 is 11.5 Å². The molecule has 2 aromatic rings. The first-order chi connectivity index (χ1) is 8.59. The van der Waals surface area contributed by atoms with Crippen molar-refractivity contribution < 1.29 is 0 Å². The monoisotopic (exact) mass is 240 g/mol. The van der Waals surface area contributed by atoms with Crippen LogP contribution in [0, 0.1) is 0 Å². The lowest BCUT2D eigenvalue weighted by Crippen LogP contribution is -2.46. The van der Waals surface area contributed by atoms with Crippen LogP contribution >= 0.6 is 0 Å². The summed E-state index contributed by atoms with van der Waals surface area (Å²) in [6.45, 7) is 2.16. The first-order valence-corrected chi connectivity index (χ1v) is 6.28. The molecule has 1 unspecified atom stereocenters. The first kappa shape index (κ1) is 12.8. The zero-order valence-electron chi connectivity index (χ0n) is 10.7. The van der Waals surface area contributed by atoms with Crippen molar-refractivity contribution in [2.45, 2.75) is 24.9 Å². The summed E-state index contributed by atoms with van der Waals surface area (Å²) >= 11 is 0. The summed E-state index contributed by atoms with van der Waals surface area (Å²) in [5.41, 5.74) is 14.0. The highest BCUT2D eigenvalue weighted by atomic mass is 15.0. The molecule has 0 fully saturated rings. The van der Waals surface area contributed by atoms with E-state index >= 15 is 0 Å². The third-order valence-corrected chi connectivity index (χ3v) is 3.32. The lowest BCUT2D eigenvalue weighted by molar-refractivity contribution is 0.393. The van der Waals surface area contributed by atoms with Gasteiger partial charge in [-0.25, -0.2) is 0 Å². The van der Waals surface area contributed by atoms with Crippen LogP contribution in [-0.4, -0.2) is 0 Å². The molecule has 0 aliphatic heterocycles. The third-order valence-electron chi connectivity index (χ3n) is 3.32. The lowest BCUT2D eigenvalue weighted by Gasteiger charge is -2.28. The molecule has 94 valence electrons. The Balaban J connectivity index is 2.14. The standard InChI is InChI=1S/C16H20N2/c1-13(14-8-4-2-5-9-14)12-16(17,18)15-10-6-3-7-11-15/h2-11,13H,12,17-18H2,1H3. The van der Waals surface area contributed by atoms with Gasteiger partial charge in [0.25, 0.3) is 0 Å². The van der Waals surface area contributed by atoms with Gasteiger partial charge in [0.05, 0.1) is 5.66 Å². The third kappa shape index (κ3) is 2.97. The Bertz CT molecular complexity index is 477. The second-order valence-corrected chi connectivity index (χ2v) is 4.92. The van der Waals surface area contributed by atoms with Crippen LogP contribution in [0.5, 0.6) is 0 Å². The van der Waals surface area contributed by atoms with Crippen LogP contribution in [0.4, 0.5) is 0 Å². The van der Waals surface area contributed by atoms with E-state index in [0.29, 0.717) is 5.92 Å². The van der Waals surface area contributed by atoms with E-state index in [-0.39, 0.29) is 0 Å². The summed E-state index contributed by atoms with van der Waals surface area (Å²) in [7, 11) is 0. The molecule has 0 saturated carbocycles. The summed E-state index contributed by atoms with van der Waals surface area (Å²) in [4.78, 5) is 0. The molecular weight excluding hydrogens is 220 g/mol. The average Bonchev–Trinajstić information content (AvgIpc) is 2.40. The SMILES string of the molecule is CC(CC(N)(N)c1ccccc1)c1ccccc1. The highest BCUT2D eigenvalue weighted by Gasteiger charge is 2.24. The van der Waals surface area contributed by atoms with Crippen molar-refractivity contribution in [3.05, 3.63) is 71.8 Å². The Hall–Kier alpha value is -1.64. The quantitative estimate of drug-likeness (QED) is 0.807. The Kier molecular flexibility index (Phi) is 3.80. The molecule has 18 heavy (non-hydrogen) atoms. The van der Waals surface area contributed by atoms with Gasteiger partial charge >= 0.3 is 0 Å². The van der Waals surface area contributed by atoms with Gasteiger partial charge in [0.2, 0.25) is 0 Å². The summed E-state index contributed by atoms with van der Waals surface area (Å²) in [6, 6.07) is 20.2. The van der Waals surface area contributed by atoms with Gasteiger partial charge in [-0.1, -0.05) is 67.6 Å². The van der Waals surface area contributed by atoms with E-state index in [9.17, 15) is 0 Å². The highest BCUT2D eigenvalue weighted by molar-refractivity contribution is 5.25. The largest absolute Gasteiger partial charge is 0.310 e. The van der Waals surface area contributed by atoms with Crippen molar-refractivity contribution in [1.82, 2.24) is 0 Å². The number of benzene rings is 2. The van der Waals surface area contributed by atoms with Crippen LogP contribution in [0.2, 0.25) is 0 Å². The second-order valence-electron chi connectivity index (χ2n) is 4.92. The van der Waals surface area contributed by atoms with Crippen molar-refractivity contribution in [1.29, 1.82) is 0 Å². The molecule has 0 heterocycles. The minimum atomic E-state index is -0.781. The van der Waals surface area contributed by atoms with Gasteiger partial charge in [0.15, 0.2) is 0 Å². The van der Waals surface area contributed by atoms with Gasteiger partial charge in [-0.2, -0.15) is 0 Å². The summed E-state index contributed by atoms with van der Waals surface area (Å²) in [5, 5.41) is 0. The molecule has 0 amide bonds.